The quantitative estimate of drug-likeness (QED) is 0.626. The molecular weight excluding hydrogens is 413 g/mol. The molecule has 3 heterocycles. The fourth-order valence-corrected chi connectivity index (χ4v) is 4.31. The number of ketones is 1. The van der Waals surface area contributed by atoms with Crippen LogP contribution in [0.1, 0.15) is 28.7 Å². The standard InChI is InChI=1S/C21H31F3N4O3/c1-15-12-18(16(2)28(15)14-21(22,23)24)19(29)13-25-4-6-26(7-5-25)17(3)20(30)27-8-10-31-11-9-27/h12,17H,4-11,13-14H2,1-3H3. The summed E-state index contributed by atoms with van der Waals surface area (Å²) in [6, 6.07) is 1.32. The first-order valence-corrected chi connectivity index (χ1v) is 10.7. The Balaban J connectivity index is 1.53. The zero-order valence-corrected chi connectivity index (χ0v) is 18.4. The Morgan fingerprint density at radius 3 is 2.26 bits per heavy atom. The third-order valence-corrected chi connectivity index (χ3v) is 6.21. The van der Waals surface area contributed by atoms with Crippen LogP contribution in [0.25, 0.3) is 0 Å². The number of piperazine rings is 1. The van der Waals surface area contributed by atoms with Crippen molar-refractivity contribution in [2.24, 2.45) is 0 Å². The van der Waals surface area contributed by atoms with Crippen LogP contribution in [-0.2, 0) is 16.1 Å². The van der Waals surface area contributed by atoms with E-state index in [1.165, 1.54) is 0 Å². The summed E-state index contributed by atoms with van der Waals surface area (Å²) in [5.41, 5.74) is 1.13. The van der Waals surface area contributed by atoms with Crippen LogP contribution in [0.5, 0.6) is 0 Å². The van der Waals surface area contributed by atoms with Gasteiger partial charge >= 0.3 is 6.18 Å². The lowest BCUT2D eigenvalue weighted by Crippen LogP contribution is -2.56. The summed E-state index contributed by atoms with van der Waals surface area (Å²) < 4.78 is 44.9. The molecule has 2 fully saturated rings. The van der Waals surface area contributed by atoms with Crippen molar-refractivity contribution in [3.63, 3.8) is 0 Å². The van der Waals surface area contributed by atoms with Crippen molar-refractivity contribution in [1.29, 1.82) is 0 Å². The minimum atomic E-state index is -4.33. The number of carbonyl (C=O) groups is 2. The zero-order valence-electron chi connectivity index (χ0n) is 18.4. The number of halogens is 3. The first kappa shape index (κ1) is 23.7. The van der Waals surface area contributed by atoms with Crippen LogP contribution >= 0.6 is 0 Å². The van der Waals surface area contributed by atoms with E-state index in [1.807, 2.05) is 16.7 Å². The first-order chi connectivity index (χ1) is 14.6. The Morgan fingerprint density at radius 2 is 1.68 bits per heavy atom. The highest BCUT2D eigenvalue weighted by Gasteiger charge is 2.32. The lowest BCUT2D eigenvalue weighted by atomic mass is 10.1. The summed E-state index contributed by atoms with van der Waals surface area (Å²) in [5.74, 6) is -0.0719. The van der Waals surface area contributed by atoms with E-state index in [0.29, 0.717) is 69.4 Å². The molecule has 0 bridgehead atoms. The number of morpholine rings is 1. The predicted molar refractivity (Wildman–Crippen MR) is 109 cm³/mol. The number of aryl methyl sites for hydroxylation is 1. The summed E-state index contributed by atoms with van der Waals surface area (Å²) in [4.78, 5) is 31.4. The zero-order chi connectivity index (χ0) is 22.8. The van der Waals surface area contributed by atoms with E-state index in [9.17, 15) is 22.8 Å². The van der Waals surface area contributed by atoms with Crippen molar-refractivity contribution in [3.8, 4) is 0 Å². The fourth-order valence-electron chi connectivity index (χ4n) is 4.31. The van der Waals surface area contributed by atoms with E-state index >= 15 is 0 Å². The maximum atomic E-state index is 12.8. The number of Topliss-reactive ketones (excluding diaryl/α,β-unsaturated/α-hetero) is 1. The number of aromatic nitrogens is 1. The molecule has 1 aromatic rings. The third kappa shape index (κ3) is 5.87. The highest BCUT2D eigenvalue weighted by atomic mass is 19.4. The highest BCUT2D eigenvalue weighted by Crippen LogP contribution is 2.23. The average Bonchev–Trinajstić information content (AvgIpc) is 3.01. The van der Waals surface area contributed by atoms with Gasteiger partial charge in [0.25, 0.3) is 0 Å². The maximum absolute atomic E-state index is 12.8. The molecule has 7 nitrogen and oxygen atoms in total. The molecule has 0 N–H and O–H groups in total. The van der Waals surface area contributed by atoms with Gasteiger partial charge in [0, 0.05) is 56.2 Å². The molecule has 0 aromatic carbocycles. The Hall–Kier alpha value is -1.91. The van der Waals surface area contributed by atoms with Gasteiger partial charge in [-0.2, -0.15) is 13.2 Å². The summed E-state index contributed by atoms with van der Waals surface area (Å²) in [7, 11) is 0. The second-order valence-electron chi connectivity index (χ2n) is 8.34. The van der Waals surface area contributed by atoms with Crippen LogP contribution in [0.4, 0.5) is 13.2 Å². The molecule has 0 spiro atoms. The van der Waals surface area contributed by atoms with E-state index < -0.39 is 12.7 Å². The lowest BCUT2D eigenvalue weighted by Gasteiger charge is -2.39. The molecule has 2 aliphatic rings. The SMILES string of the molecule is Cc1cc(C(=O)CN2CCN(C(C)C(=O)N3CCOCC3)CC2)c(C)n1CC(F)(F)F. The fraction of sp³-hybridized carbons (Fsp3) is 0.714. The molecule has 31 heavy (non-hydrogen) atoms. The van der Waals surface area contributed by atoms with Gasteiger partial charge in [0.05, 0.1) is 25.8 Å². The Morgan fingerprint density at radius 1 is 1.06 bits per heavy atom. The monoisotopic (exact) mass is 444 g/mol. The van der Waals surface area contributed by atoms with Crippen molar-refractivity contribution < 1.29 is 27.5 Å². The van der Waals surface area contributed by atoms with Gasteiger partial charge in [0.1, 0.15) is 6.54 Å². The van der Waals surface area contributed by atoms with Crippen molar-refractivity contribution in [2.75, 3.05) is 59.0 Å². The topological polar surface area (TPSA) is 58.0 Å². The van der Waals surface area contributed by atoms with Gasteiger partial charge in [-0.15, -0.1) is 0 Å². The molecule has 10 heteroatoms. The van der Waals surface area contributed by atoms with Crippen LogP contribution < -0.4 is 0 Å². The molecule has 0 radical (unpaired) electrons. The molecule has 1 aromatic heterocycles. The number of amides is 1. The van der Waals surface area contributed by atoms with Gasteiger partial charge in [-0.3, -0.25) is 19.4 Å². The maximum Gasteiger partial charge on any atom is 0.406 e. The number of alkyl halides is 3. The van der Waals surface area contributed by atoms with Crippen molar-refractivity contribution in [2.45, 2.75) is 39.5 Å². The summed E-state index contributed by atoms with van der Waals surface area (Å²) in [5, 5.41) is 0. The van der Waals surface area contributed by atoms with E-state index in [4.69, 9.17) is 4.74 Å². The number of nitrogens with zero attached hydrogens (tertiary/aromatic N) is 4. The van der Waals surface area contributed by atoms with Gasteiger partial charge in [-0.1, -0.05) is 0 Å². The predicted octanol–water partition coefficient (Wildman–Crippen LogP) is 1.71. The van der Waals surface area contributed by atoms with Gasteiger partial charge in [-0.25, -0.2) is 0 Å². The average molecular weight is 444 g/mol. The van der Waals surface area contributed by atoms with Crippen LogP contribution in [0.3, 0.4) is 0 Å². The van der Waals surface area contributed by atoms with Gasteiger partial charge in [-0.05, 0) is 26.8 Å². The molecular formula is C21H31F3N4O3. The Kier molecular flexibility index (Phi) is 7.43. The molecule has 0 aliphatic carbocycles. The highest BCUT2D eigenvalue weighted by molar-refractivity contribution is 5.99. The van der Waals surface area contributed by atoms with Gasteiger partial charge < -0.3 is 14.2 Å². The number of rotatable bonds is 6. The normalized spacial score (nSPS) is 20.1. The summed E-state index contributed by atoms with van der Waals surface area (Å²) in [6.07, 6.45) is -4.33. The van der Waals surface area contributed by atoms with E-state index in [2.05, 4.69) is 4.90 Å². The minimum Gasteiger partial charge on any atom is -0.378 e. The minimum absolute atomic E-state index is 0.102. The molecule has 3 rings (SSSR count). The molecule has 2 aliphatic heterocycles. The second kappa shape index (κ2) is 9.70. The second-order valence-corrected chi connectivity index (χ2v) is 8.34. The van der Waals surface area contributed by atoms with Crippen LogP contribution in [0, 0.1) is 13.8 Å². The van der Waals surface area contributed by atoms with E-state index in [0.717, 1.165) is 4.57 Å². The van der Waals surface area contributed by atoms with Crippen molar-refractivity contribution in [3.05, 3.63) is 23.0 Å². The van der Waals surface area contributed by atoms with Crippen molar-refractivity contribution >= 4 is 11.7 Å². The molecule has 0 saturated carbocycles. The number of ether oxygens (including phenoxy) is 1. The van der Waals surface area contributed by atoms with Crippen LogP contribution in [-0.4, -0.2) is 102 Å². The van der Waals surface area contributed by atoms with Gasteiger partial charge in [0.15, 0.2) is 5.78 Å². The Bertz CT molecular complexity index is 795. The van der Waals surface area contributed by atoms with E-state index in [1.54, 1.807) is 19.9 Å². The number of hydrogen-bond donors (Lipinski definition) is 0. The number of carbonyl (C=O) groups excluding carboxylic acids is 2. The van der Waals surface area contributed by atoms with Crippen molar-refractivity contribution in [1.82, 2.24) is 19.3 Å². The van der Waals surface area contributed by atoms with Gasteiger partial charge in [0.2, 0.25) is 5.91 Å². The Labute approximate surface area is 180 Å². The smallest absolute Gasteiger partial charge is 0.378 e. The third-order valence-electron chi connectivity index (χ3n) is 6.21. The molecule has 2 saturated heterocycles. The summed E-state index contributed by atoms with van der Waals surface area (Å²) in [6.45, 7) is 9.08. The molecule has 1 unspecified atom stereocenters. The summed E-state index contributed by atoms with van der Waals surface area (Å²) >= 11 is 0. The van der Waals surface area contributed by atoms with Crippen LogP contribution in [0.2, 0.25) is 0 Å². The first-order valence-electron chi connectivity index (χ1n) is 10.7. The van der Waals surface area contributed by atoms with Crippen LogP contribution in [0.15, 0.2) is 6.07 Å². The lowest BCUT2D eigenvalue weighted by molar-refractivity contribution is -0.141. The van der Waals surface area contributed by atoms with E-state index in [-0.39, 0.29) is 24.3 Å². The number of hydrogen-bond acceptors (Lipinski definition) is 5. The molecule has 174 valence electrons. The molecule has 1 atom stereocenters. The molecule has 1 amide bonds. The largest absolute Gasteiger partial charge is 0.406 e.